The molecule has 1 saturated carbocycles. The highest BCUT2D eigenvalue weighted by molar-refractivity contribution is 5.23. The van der Waals surface area contributed by atoms with Gasteiger partial charge in [0, 0.05) is 12.3 Å². The maximum absolute atomic E-state index is 6.32. The molecule has 0 atom stereocenters. The molecule has 0 amide bonds. The highest BCUT2D eigenvalue weighted by atomic mass is 16.5. The third-order valence-electron chi connectivity index (χ3n) is 3.89. The van der Waals surface area contributed by atoms with E-state index in [0.29, 0.717) is 11.8 Å². The summed E-state index contributed by atoms with van der Waals surface area (Å²) in [5.41, 5.74) is 1.81. The van der Waals surface area contributed by atoms with E-state index in [0.717, 1.165) is 0 Å². The maximum Gasteiger partial charge on any atom is 0.112 e. The van der Waals surface area contributed by atoms with Crippen LogP contribution in [-0.2, 0) is 4.74 Å². The smallest absolute Gasteiger partial charge is 0.112 e. The summed E-state index contributed by atoms with van der Waals surface area (Å²) < 4.78 is 6.32. The summed E-state index contributed by atoms with van der Waals surface area (Å²) in [5.74, 6) is 2.52. The molecule has 1 nitrogen and oxygen atoms in total. The molecule has 1 heterocycles. The van der Waals surface area contributed by atoms with Gasteiger partial charge in [-0.25, -0.2) is 0 Å². The minimum atomic E-state index is 0.221. The van der Waals surface area contributed by atoms with Crippen molar-refractivity contribution in [3.05, 3.63) is 11.3 Å². The fourth-order valence-corrected chi connectivity index (χ4v) is 3.04. The number of ether oxygens (including phenoxy) is 1. The van der Waals surface area contributed by atoms with E-state index in [9.17, 15) is 0 Å². The second-order valence-electron chi connectivity index (χ2n) is 5.87. The Bertz CT molecular complexity index is 245. The largest absolute Gasteiger partial charge is 0.491 e. The molecule has 15 heavy (non-hydrogen) atoms. The van der Waals surface area contributed by atoms with Gasteiger partial charge in [0.2, 0.25) is 0 Å². The Hall–Kier alpha value is -0.460. The van der Waals surface area contributed by atoms with Crippen molar-refractivity contribution in [1.29, 1.82) is 0 Å². The Morgan fingerprint density at radius 1 is 1.00 bits per heavy atom. The van der Waals surface area contributed by atoms with E-state index in [1.165, 1.54) is 37.9 Å². The second kappa shape index (κ2) is 3.84. The molecule has 0 saturated heterocycles. The van der Waals surface area contributed by atoms with E-state index in [4.69, 9.17) is 4.74 Å². The van der Waals surface area contributed by atoms with Gasteiger partial charge in [0.05, 0.1) is 5.76 Å². The van der Waals surface area contributed by atoms with Crippen LogP contribution in [0.4, 0.5) is 0 Å². The van der Waals surface area contributed by atoms with Crippen LogP contribution in [0.5, 0.6) is 0 Å². The van der Waals surface area contributed by atoms with E-state index in [-0.39, 0.29) is 5.60 Å². The first-order chi connectivity index (χ1) is 7.04. The van der Waals surface area contributed by atoms with Crippen molar-refractivity contribution in [3.8, 4) is 0 Å². The van der Waals surface area contributed by atoms with E-state index < -0.39 is 0 Å². The van der Waals surface area contributed by atoms with Crippen molar-refractivity contribution in [2.45, 2.75) is 65.4 Å². The molecule has 0 N–H and O–H groups in total. The van der Waals surface area contributed by atoms with Crippen LogP contribution in [0.15, 0.2) is 11.3 Å². The number of hydrogen-bond donors (Lipinski definition) is 0. The quantitative estimate of drug-likeness (QED) is 0.658. The van der Waals surface area contributed by atoms with Crippen molar-refractivity contribution in [2.24, 2.45) is 11.8 Å². The molecular weight excluding hydrogens is 184 g/mol. The van der Waals surface area contributed by atoms with Gasteiger partial charge < -0.3 is 4.74 Å². The third-order valence-corrected chi connectivity index (χ3v) is 3.89. The van der Waals surface area contributed by atoms with Gasteiger partial charge in [0.25, 0.3) is 0 Å². The van der Waals surface area contributed by atoms with Gasteiger partial charge in [-0.3, -0.25) is 0 Å². The van der Waals surface area contributed by atoms with Gasteiger partial charge in [-0.1, -0.05) is 27.7 Å². The lowest BCUT2D eigenvalue weighted by atomic mass is 9.88. The molecule has 86 valence electrons. The van der Waals surface area contributed by atoms with Crippen LogP contribution in [0, 0.1) is 11.8 Å². The molecule has 0 radical (unpaired) electrons. The summed E-state index contributed by atoms with van der Waals surface area (Å²) in [5, 5.41) is 0. The van der Waals surface area contributed by atoms with E-state index in [1.807, 2.05) is 0 Å². The summed E-state index contributed by atoms with van der Waals surface area (Å²) in [6.45, 7) is 9.11. The number of allylic oxidation sites excluding steroid dienone is 1. The van der Waals surface area contributed by atoms with Crippen LogP contribution in [0.3, 0.4) is 0 Å². The van der Waals surface area contributed by atoms with Crippen molar-refractivity contribution >= 4 is 0 Å². The predicted octanol–water partition coefficient (Wildman–Crippen LogP) is 4.29. The summed E-state index contributed by atoms with van der Waals surface area (Å²) in [4.78, 5) is 0. The van der Waals surface area contributed by atoms with Crippen molar-refractivity contribution in [2.75, 3.05) is 0 Å². The van der Waals surface area contributed by atoms with Crippen LogP contribution in [0.25, 0.3) is 0 Å². The summed E-state index contributed by atoms with van der Waals surface area (Å²) in [6.07, 6.45) is 6.48. The Kier molecular flexibility index (Phi) is 2.83. The van der Waals surface area contributed by atoms with Crippen LogP contribution < -0.4 is 0 Å². The molecule has 2 rings (SSSR count). The Morgan fingerprint density at radius 3 is 2.00 bits per heavy atom. The standard InChI is InChI=1S/C14H24O/c1-10(2)12-9-14(7-5-6-8-14)15-13(12)11(3)4/h10-11H,5-9H2,1-4H3. The van der Waals surface area contributed by atoms with Crippen LogP contribution >= 0.6 is 0 Å². The SMILES string of the molecule is CC(C)C1=C(C(C)C)OC2(CCCC2)C1. The molecule has 0 unspecified atom stereocenters. The van der Waals surface area contributed by atoms with E-state index >= 15 is 0 Å². The van der Waals surface area contributed by atoms with Gasteiger partial charge in [-0.05, 0) is 37.2 Å². The Labute approximate surface area is 93.9 Å². The average molecular weight is 208 g/mol. The molecule has 0 aromatic rings. The zero-order valence-corrected chi connectivity index (χ0v) is 10.6. The molecule has 0 aromatic carbocycles. The molecule has 1 aliphatic carbocycles. The van der Waals surface area contributed by atoms with Crippen molar-refractivity contribution in [3.63, 3.8) is 0 Å². The average Bonchev–Trinajstić information content (AvgIpc) is 2.74. The van der Waals surface area contributed by atoms with Crippen LogP contribution in [-0.4, -0.2) is 5.60 Å². The lowest BCUT2D eigenvalue weighted by Crippen LogP contribution is -2.24. The summed E-state index contributed by atoms with van der Waals surface area (Å²) in [6, 6.07) is 0. The summed E-state index contributed by atoms with van der Waals surface area (Å²) >= 11 is 0. The highest BCUT2D eigenvalue weighted by Gasteiger charge is 2.43. The van der Waals surface area contributed by atoms with Gasteiger partial charge in [-0.2, -0.15) is 0 Å². The van der Waals surface area contributed by atoms with Crippen LogP contribution in [0.1, 0.15) is 59.8 Å². The van der Waals surface area contributed by atoms with Crippen molar-refractivity contribution in [1.82, 2.24) is 0 Å². The van der Waals surface area contributed by atoms with E-state index in [2.05, 4.69) is 27.7 Å². The number of rotatable bonds is 2. The topological polar surface area (TPSA) is 9.23 Å². The monoisotopic (exact) mass is 208 g/mol. The second-order valence-corrected chi connectivity index (χ2v) is 5.87. The van der Waals surface area contributed by atoms with Crippen molar-refractivity contribution < 1.29 is 4.74 Å². The van der Waals surface area contributed by atoms with Gasteiger partial charge in [0.15, 0.2) is 0 Å². The highest BCUT2D eigenvalue weighted by Crippen LogP contribution is 2.48. The first-order valence-electron chi connectivity index (χ1n) is 6.46. The molecule has 2 aliphatic rings. The lowest BCUT2D eigenvalue weighted by molar-refractivity contribution is 0.0213. The first-order valence-corrected chi connectivity index (χ1v) is 6.46. The molecule has 1 aliphatic heterocycles. The molecule has 0 aromatic heterocycles. The lowest BCUT2D eigenvalue weighted by Gasteiger charge is -2.25. The first kappa shape index (κ1) is 11.0. The molecule has 1 heteroatoms. The molecule has 1 fully saturated rings. The summed E-state index contributed by atoms with van der Waals surface area (Å²) in [7, 11) is 0. The third kappa shape index (κ3) is 1.93. The number of hydrogen-bond acceptors (Lipinski definition) is 1. The minimum Gasteiger partial charge on any atom is -0.491 e. The van der Waals surface area contributed by atoms with Gasteiger partial charge >= 0.3 is 0 Å². The fraction of sp³-hybridized carbons (Fsp3) is 0.857. The van der Waals surface area contributed by atoms with Gasteiger partial charge in [-0.15, -0.1) is 0 Å². The Balaban J connectivity index is 2.20. The normalized spacial score (nSPS) is 24.7. The zero-order valence-electron chi connectivity index (χ0n) is 10.6. The fourth-order valence-electron chi connectivity index (χ4n) is 3.04. The minimum absolute atomic E-state index is 0.221. The molecule has 0 bridgehead atoms. The molecule has 1 spiro atoms. The Morgan fingerprint density at radius 2 is 1.60 bits per heavy atom. The zero-order chi connectivity index (χ0) is 11.1. The predicted molar refractivity (Wildman–Crippen MR) is 63.6 cm³/mol. The van der Waals surface area contributed by atoms with Gasteiger partial charge in [0.1, 0.15) is 5.60 Å². The molecular formula is C14H24O. The maximum atomic E-state index is 6.32. The van der Waals surface area contributed by atoms with Crippen LogP contribution in [0.2, 0.25) is 0 Å². The van der Waals surface area contributed by atoms with E-state index in [1.54, 1.807) is 5.57 Å².